The highest BCUT2D eigenvalue weighted by molar-refractivity contribution is 5.97. The zero-order valence-corrected chi connectivity index (χ0v) is 15.5. The molecule has 0 fully saturated rings. The van der Waals surface area contributed by atoms with Crippen molar-refractivity contribution in [2.45, 2.75) is 13.1 Å². The Hall–Kier alpha value is -3.88. The van der Waals surface area contributed by atoms with Gasteiger partial charge in [-0.05, 0) is 29.3 Å². The first-order valence-corrected chi connectivity index (χ1v) is 9.02. The van der Waals surface area contributed by atoms with Crippen LogP contribution in [0.4, 0.5) is 0 Å². The molecule has 148 valence electrons. The van der Waals surface area contributed by atoms with E-state index in [-0.39, 0.29) is 25.2 Å². The Bertz CT molecular complexity index is 1020. The standard InChI is InChI=1S/C20H19N5O4/c26-19(9-23-20(27)16-4-5-17-18(7-16)29-13-28-17)22-8-14-2-1-3-15(6-14)10-25-12-21-11-24-25/h1-7,11-12H,8-10,13H2,(H,22,26)(H,23,27). The number of hydrogen-bond acceptors (Lipinski definition) is 6. The lowest BCUT2D eigenvalue weighted by molar-refractivity contribution is -0.120. The molecule has 1 aliphatic heterocycles. The van der Waals surface area contributed by atoms with Crippen molar-refractivity contribution in [3.8, 4) is 11.5 Å². The first-order valence-electron chi connectivity index (χ1n) is 9.02. The molecule has 1 aromatic heterocycles. The SMILES string of the molecule is O=C(CNC(=O)c1ccc2c(c1)OCO2)NCc1cccc(Cn2cncn2)c1. The van der Waals surface area contributed by atoms with Gasteiger partial charge in [0.15, 0.2) is 11.5 Å². The molecule has 0 spiro atoms. The summed E-state index contributed by atoms with van der Waals surface area (Å²) in [6.07, 6.45) is 3.14. The van der Waals surface area contributed by atoms with E-state index in [2.05, 4.69) is 20.7 Å². The number of amides is 2. The first kappa shape index (κ1) is 18.5. The summed E-state index contributed by atoms with van der Waals surface area (Å²) >= 11 is 0. The average molecular weight is 393 g/mol. The number of fused-ring (bicyclic) bond motifs is 1. The van der Waals surface area contributed by atoms with Crippen LogP contribution in [0.3, 0.4) is 0 Å². The minimum absolute atomic E-state index is 0.119. The van der Waals surface area contributed by atoms with Crippen LogP contribution in [0, 0.1) is 0 Å². The molecule has 2 amide bonds. The first-order chi connectivity index (χ1) is 14.2. The minimum Gasteiger partial charge on any atom is -0.454 e. The summed E-state index contributed by atoms with van der Waals surface area (Å²) in [5.74, 6) is 0.493. The molecule has 0 bridgehead atoms. The van der Waals surface area contributed by atoms with Crippen LogP contribution >= 0.6 is 0 Å². The monoisotopic (exact) mass is 393 g/mol. The molecule has 0 saturated carbocycles. The lowest BCUT2D eigenvalue weighted by Crippen LogP contribution is -2.36. The summed E-state index contributed by atoms with van der Waals surface area (Å²) < 4.78 is 12.2. The maximum Gasteiger partial charge on any atom is 0.251 e. The highest BCUT2D eigenvalue weighted by Gasteiger charge is 2.16. The quantitative estimate of drug-likeness (QED) is 0.623. The van der Waals surface area contributed by atoms with E-state index in [4.69, 9.17) is 9.47 Å². The second kappa shape index (κ2) is 8.42. The molecule has 3 aromatic rings. The Morgan fingerprint density at radius 3 is 2.76 bits per heavy atom. The molecule has 0 radical (unpaired) electrons. The highest BCUT2D eigenvalue weighted by Crippen LogP contribution is 2.32. The molecular formula is C20H19N5O4. The van der Waals surface area contributed by atoms with Crippen LogP contribution in [-0.2, 0) is 17.9 Å². The van der Waals surface area contributed by atoms with Gasteiger partial charge in [-0.3, -0.25) is 9.59 Å². The van der Waals surface area contributed by atoms with Crippen molar-refractivity contribution in [1.82, 2.24) is 25.4 Å². The van der Waals surface area contributed by atoms with E-state index in [1.807, 2.05) is 24.3 Å². The van der Waals surface area contributed by atoms with E-state index in [0.29, 0.717) is 30.2 Å². The van der Waals surface area contributed by atoms with Gasteiger partial charge in [0.05, 0.1) is 13.1 Å². The fourth-order valence-electron chi connectivity index (χ4n) is 2.90. The van der Waals surface area contributed by atoms with Gasteiger partial charge in [0.2, 0.25) is 12.7 Å². The Morgan fingerprint density at radius 1 is 1.03 bits per heavy atom. The van der Waals surface area contributed by atoms with Gasteiger partial charge in [-0.15, -0.1) is 0 Å². The molecular weight excluding hydrogens is 374 g/mol. The summed E-state index contributed by atoms with van der Waals surface area (Å²) in [6, 6.07) is 12.7. The molecule has 0 atom stereocenters. The highest BCUT2D eigenvalue weighted by atomic mass is 16.7. The number of nitrogens with zero attached hydrogens (tertiary/aromatic N) is 3. The number of carbonyl (C=O) groups excluding carboxylic acids is 2. The third-order valence-electron chi connectivity index (χ3n) is 4.34. The zero-order valence-electron chi connectivity index (χ0n) is 15.5. The molecule has 0 saturated heterocycles. The Kier molecular flexibility index (Phi) is 5.37. The van der Waals surface area contributed by atoms with E-state index in [0.717, 1.165) is 11.1 Å². The summed E-state index contributed by atoms with van der Waals surface area (Å²) in [5, 5.41) is 9.48. The number of benzene rings is 2. The smallest absolute Gasteiger partial charge is 0.251 e. The van der Waals surface area contributed by atoms with Gasteiger partial charge in [-0.2, -0.15) is 5.10 Å². The predicted octanol–water partition coefficient (Wildman–Crippen LogP) is 1.10. The van der Waals surface area contributed by atoms with Crippen molar-refractivity contribution in [3.63, 3.8) is 0 Å². The van der Waals surface area contributed by atoms with E-state index in [1.54, 1.807) is 29.2 Å². The fourth-order valence-corrected chi connectivity index (χ4v) is 2.90. The average Bonchev–Trinajstić information content (AvgIpc) is 3.42. The topological polar surface area (TPSA) is 107 Å². The largest absolute Gasteiger partial charge is 0.454 e. The van der Waals surface area contributed by atoms with Gasteiger partial charge in [0.1, 0.15) is 12.7 Å². The summed E-state index contributed by atoms with van der Waals surface area (Å²) in [6.45, 7) is 0.992. The van der Waals surface area contributed by atoms with Gasteiger partial charge < -0.3 is 20.1 Å². The molecule has 29 heavy (non-hydrogen) atoms. The van der Waals surface area contributed by atoms with Gasteiger partial charge in [0, 0.05) is 12.1 Å². The van der Waals surface area contributed by atoms with Crippen LogP contribution in [-0.4, -0.2) is 39.9 Å². The lowest BCUT2D eigenvalue weighted by atomic mass is 10.1. The van der Waals surface area contributed by atoms with Gasteiger partial charge in [-0.25, -0.2) is 9.67 Å². The number of nitrogens with one attached hydrogen (secondary N) is 2. The Morgan fingerprint density at radius 2 is 1.90 bits per heavy atom. The molecule has 1 aliphatic rings. The number of carbonyl (C=O) groups is 2. The predicted molar refractivity (Wildman–Crippen MR) is 102 cm³/mol. The lowest BCUT2D eigenvalue weighted by Gasteiger charge is -2.09. The van der Waals surface area contributed by atoms with E-state index in [9.17, 15) is 9.59 Å². The van der Waals surface area contributed by atoms with Crippen molar-refractivity contribution in [1.29, 1.82) is 0 Å². The van der Waals surface area contributed by atoms with Gasteiger partial charge in [-0.1, -0.05) is 24.3 Å². The molecule has 0 unspecified atom stereocenters. The van der Waals surface area contributed by atoms with Crippen molar-refractivity contribution in [2.24, 2.45) is 0 Å². The van der Waals surface area contributed by atoms with Crippen molar-refractivity contribution < 1.29 is 19.1 Å². The summed E-state index contributed by atoms with van der Waals surface area (Å²) in [4.78, 5) is 28.2. The number of rotatable bonds is 7. The van der Waals surface area contributed by atoms with Crippen LogP contribution in [0.2, 0.25) is 0 Å². The number of hydrogen-bond donors (Lipinski definition) is 2. The van der Waals surface area contributed by atoms with E-state index < -0.39 is 0 Å². The van der Waals surface area contributed by atoms with Crippen LogP contribution in [0.25, 0.3) is 0 Å². The van der Waals surface area contributed by atoms with Crippen molar-refractivity contribution in [2.75, 3.05) is 13.3 Å². The molecule has 9 nitrogen and oxygen atoms in total. The van der Waals surface area contributed by atoms with Crippen LogP contribution < -0.4 is 20.1 Å². The third-order valence-corrected chi connectivity index (χ3v) is 4.34. The van der Waals surface area contributed by atoms with Gasteiger partial charge >= 0.3 is 0 Å². The molecule has 0 aliphatic carbocycles. The number of aromatic nitrogens is 3. The third kappa shape index (κ3) is 4.70. The second-order valence-corrected chi connectivity index (χ2v) is 6.44. The van der Waals surface area contributed by atoms with Gasteiger partial charge in [0.25, 0.3) is 5.91 Å². The fraction of sp³-hybridized carbons (Fsp3) is 0.200. The van der Waals surface area contributed by atoms with Crippen LogP contribution in [0.5, 0.6) is 11.5 Å². The number of ether oxygens (including phenoxy) is 2. The molecule has 4 rings (SSSR count). The van der Waals surface area contributed by atoms with Crippen molar-refractivity contribution in [3.05, 3.63) is 71.8 Å². The Balaban J connectivity index is 1.25. The molecule has 9 heteroatoms. The molecule has 2 heterocycles. The maximum absolute atomic E-state index is 12.2. The minimum atomic E-state index is -0.353. The van der Waals surface area contributed by atoms with Crippen molar-refractivity contribution >= 4 is 11.8 Å². The summed E-state index contributed by atoms with van der Waals surface area (Å²) in [5.41, 5.74) is 2.42. The van der Waals surface area contributed by atoms with E-state index >= 15 is 0 Å². The zero-order chi connectivity index (χ0) is 20.1. The molecule has 2 N–H and O–H groups in total. The normalized spacial score (nSPS) is 11.9. The van der Waals surface area contributed by atoms with E-state index in [1.165, 1.54) is 6.33 Å². The Labute approximate surface area is 166 Å². The maximum atomic E-state index is 12.2. The molecule has 2 aromatic carbocycles. The van der Waals surface area contributed by atoms with Crippen LogP contribution in [0.15, 0.2) is 55.1 Å². The van der Waals surface area contributed by atoms with Crippen LogP contribution in [0.1, 0.15) is 21.5 Å². The second-order valence-electron chi connectivity index (χ2n) is 6.44. The summed E-state index contributed by atoms with van der Waals surface area (Å²) in [7, 11) is 0.